The molecule has 1 fully saturated rings. The van der Waals surface area contributed by atoms with Crippen LogP contribution in [0.3, 0.4) is 0 Å². The number of hydrogen-bond donors (Lipinski definition) is 3. The van der Waals surface area contributed by atoms with Crippen molar-refractivity contribution in [2.75, 3.05) is 6.54 Å². The summed E-state index contributed by atoms with van der Waals surface area (Å²) in [5.41, 5.74) is 6.52. The zero-order valence-electron chi connectivity index (χ0n) is 10.1. The molecule has 3 rings (SSSR count). The highest BCUT2D eigenvalue weighted by atomic mass is 16.3. The maximum atomic E-state index is 10.2. The SMILES string of the molecule is NCC1(c2c(O)ccc3ccccc23)CC(O)C1. The van der Waals surface area contributed by atoms with Crippen molar-refractivity contribution < 1.29 is 10.2 Å². The molecule has 0 spiro atoms. The molecule has 94 valence electrons. The zero-order chi connectivity index (χ0) is 12.8. The van der Waals surface area contributed by atoms with Crippen LogP contribution in [0, 0.1) is 0 Å². The van der Waals surface area contributed by atoms with Gasteiger partial charge in [0.1, 0.15) is 5.75 Å². The highest BCUT2D eigenvalue weighted by Crippen LogP contribution is 2.48. The molecule has 0 atom stereocenters. The minimum atomic E-state index is -0.299. The molecule has 2 aromatic carbocycles. The summed E-state index contributed by atoms with van der Waals surface area (Å²) in [5.74, 6) is 0.283. The molecule has 0 heterocycles. The van der Waals surface area contributed by atoms with Crippen LogP contribution in [0.15, 0.2) is 36.4 Å². The first-order valence-corrected chi connectivity index (χ1v) is 6.26. The molecule has 4 N–H and O–H groups in total. The number of rotatable bonds is 2. The molecule has 0 radical (unpaired) electrons. The number of aromatic hydroxyl groups is 1. The molecular formula is C15H17NO2. The van der Waals surface area contributed by atoms with E-state index in [0.717, 1.165) is 16.3 Å². The van der Waals surface area contributed by atoms with Gasteiger partial charge in [0.05, 0.1) is 6.10 Å². The van der Waals surface area contributed by atoms with Crippen LogP contribution >= 0.6 is 0 Å². The summed E-state index contributed by atoms with van der Waals surface area (Å²) < 4.78 is 0. The standard InChI is InChI=1S/C15H17NO2/c16-9-15(7-11(17)8-15)14-12-4-2-1-3-10(12)5-6-13(14)18/h1-6,11,17-18H,7-9,16H2. The Balaban J connectivity index is 2.24. The van der Waals surface area contributed by atoms with Crippen LogP contribution in [0.4, 0.5) is 0 Å². The summed E-state index contributed by atoms with van der Waals surface area (Å²) in [7, 11) is 0. The van der Waals surface area contributed by atoms with Crippen LogP contribution in [-0.4, -0.2) is 22.9 Å². The van der Waals surface area contributed by atoms with E-state index >= 15 is 0 Å². The van der Waals surface area contributed by atoms with Crippen molar-refractivity contribution >= 4 is 10.8 Å². The summed E-state index contributed by atoms with van der Waals surface area (Å²) in [4.78, 5) is 0. The van der Waals surface area contributed by atoms with Crippen LogP contribution in [-0.2, 0) is 5.41 Å². The fourth-order valence-corrected chi connectivity index (χ4v) is 3.13. The molecule has 18 heavy (non-hydrogen) atoms. The summed E-state index contributed by atoms with van der Waals surface area (Å²) in [6.07, 6.45) is 0.961. The van der Waals surface area contributed by atoms with Gasteiger partial charge >= 0.3 is 0 Å². The minimum absolute atomic E-state index is 0.273. The molecule has 0 unspecified atom stereocenters. The van der Waals surface area contributed by atoms with E-state index in [2.05, 4.69) is 0 Å². The number of hydrogen-bond acceptors (Lipinski definition) is 3. The van der Waals surface area contributed by atoms with Gasteiger partial charge in [-0.2, -0.15) is 0 Å². The molecule has 1 aliphatic carbocycles. The fraction of sp³-hybridized carbons (Fsp3) is 0.333. The van der Waals surface area contributed by atoms with Crippen molar-refractivity contribution in [2.24, 2.45) is 5.73 Å². The lowest BCUT2D eigenvalue weighted by Gasteiger charge is -2.45. The van der Waals surface area contributed by atoms with Gasteiger partial charge in [0.15, 0.2) is 0 Å². The first-order chi connectivity index (χ1) is 8.66. The maximum Gasteiger partial charge on any atom is 0.120 e. The van der Waals surface area contributed by atoms with Crippen LogP contribution in [0.2, 0.25) is 0 Å². The van der Waals surface area contributed by atoms with Crippen LogP contribution in [0.1, 0.15) is 18.4 Å². The Kier molecular flexibility index (Phi) is 2.54. The Morgan fingerprint density at radius 2 is 1.89 bits per heavy atom. The van der Waals surface area contributed by atoms with E-state index < -0.39 is 0 Å². The third-order valence-corrected chi connectivity index (χ3v) is 4.08. The minimum Gasteiger partial charge on any atom is -0.508 e. The lowest BCUT2D eigenvalue weighted by Crippen LogP contribution is -2.49. The zero-order valence-corrected chi connectivity index (χ0v) is 10.1. The molecule has 0 amide bonds. The van der Waals surface area contributed by atoms with Gasteiger partial charge in [0.25, 0.3) is 0 Å². The number of aliphatic hydroxyl groups is 1. The van der Waals surface area contributed by atoms with Crippen LogP contribution in [0.25, 0.3) is 10.8 Å². The van der Waals surface area contributed by atoms with Gasteiger partial charge in [-0.05, 0) is 29.7 Å². The molecule has 0 aromatic heterocycles. The average Bonchev–Trinajstić information content (AvgIpc) is 2.35. The van der Waals surface area contributed by atoms with Crippen molar-refractivity contribution in [2.45, 2.75) is 24.4 Å². The van der Waals surface area contributed by atoms with E-state index in [9.17, 15) is 10.2 Å². The maximum absolute atomic E-state index is 10.2. The van der Waals surface area contributed by atoms with E-state index in [1.165, 1.54) is 0 Å². The molecule has 0 aliphatic heterocycles. The number of phenolic OH excluding ortho intramolecular Hbond substituents is 1. The van der Waals surface area contributed by atoms with Crippen LogP contribution < -0.4 is 5.73 Å². The van der Waals surface area contributed by atoms with Crippen molar-refractivity contribution in [3.8, 4) is 5.75 Å². The predicted octanol–water partition coefficient (Wildman–Crippen LogP) is 1.90. The van der Waals surface area contributed by atoms with Gasteiger partial charge in [-0.1, -0.05) is 30.3 Å². The van der Waals surface area contributed by atoms with E-state index in [0.29, 0.717) is 19.4 Å². The van der Waals surface area contributed by atoms with E-state index in [1.807, 2.05) is 30.3 Å². The largest absolute Gasteiger partial charge is 0.508 e. The number of benzene rings is 2. The predicted molar refractivity (Wildman–Crippen MR) is 71.6 cm³/mol. The second-order valence-corrected chi connectivity index (χ2v) is 5.23. The van der Waals surface area contributed by atoms with E-state index in [-0.39, 0.29) is 17.3 Å². The third kappa shape index (κ3) is 1.51. The Morgan fingerprint density at radius 1 is 1.17 bits per heavy atom. The number of nitrogens with two attached hydrogens (primary N) is 1. The number of phenols is 1. The fourth-order valence-electron chi connectivity index (χ4n) is 3.13. The lowest BCUT2D eigenvalue weighted by molar-refractivity contribution is 0.0219. The summed E-state index contributed by atoms with van der Waals surface area (Å²) in [5, 5.41) is 21.9. The summed E-state index contributed by atoms with van der Waals surface area (Å²) >= 11 is 0. The van der Waals surface area contributed by atoms with Crippen molar-refractivity contribution in [1.82, 2.24) is 0 Å². The van der Waals surface area contributed by atoms with Gasteiger partial charge in [0, 0.05) is 17.5 Å². The average molecular weight is 243 g/mol. The van der Waals surface area contributed by atoms with Gasteiger partial charge in [0.2, 0.25) is 0 Å². The number of aliphatic hydroxyl groups excluding tert-OH is 1. The Labute approximate surface area is 106 Å². The second-order valence-electron chi connectivity index (χ2n) is 5.23. The van der Waals surface area contributed by atoms with Crippen molar-refractivity contribution in [3.63, 3.8) is 0 Å². The molecule has 2 aromatic rings. The summed E-state index contributed by atoms with van der Waals surface area (Å²) in [6, 6.07) is 11.6. The van der Waals surface area contributed by atoms with Crippen molar-refractivity contribution in [3.05, 3.63) is 42.0 Å². The highest BCUT2D eigenvalue weighted by Gasteiger charge is 2.46. The monoisotopic (exact) mass is 243 g/mol. The molecule has 3 nitrogen and oxygen atoms in total. The molecule has 0 saturated heterocycles. The van der Waals surface area contributed by atoms with Crippen LogP contribution in [0.5, 0.6) is 5.75 Å². The van der Waals surface area contributed by atoms with E-state index in [4.69, 9.17) is 5.73 Å². The van der Waals surface area contributed by atoms with Crippen molar-refractivity contribution in [1.29, 1.82) is 0 Å². The molecular weight excluding hydrogens is 226 g/mol. The second kappa shape index (κ2) is 3.97. The molecule has 1 aliphatic rings. The normalized spacial score (nSPS) is 27.1. The first-order valence-electron chi connectivity index (χ1n) is 6.26. The molecule has 1 saturated carbocycles. The van der Waals surface area contributed by atoms with Gasteiger partial charge in [-0.15, -0.1) is 0 Å². The molecule has 3 heteroatoms. The summed E-state index contributed by atoms with van der Waals surface area (Å²) in [6.45, 7) is 0.450. The third-order valence-electron chi connectivity index (χ3n) is 4.08. The number of fused-ring (bicyclic) bond motifs is 1. The Morgan fingerprint density at radius 3 is 2.56 bits per heavy atom. The molecule has 0 bridgehead atoms. The van der Waals surface area contributed by atoms with Gasteiger partial charge in [-0.3, -0.25) is 0 Å². The van der Waals surface area contributed by atoms with Gasteiger partial charge in [-0.25, -0.2) is 0 Å². The highest BCUT2D eigenvalue weighted by molar-refractivity contribution is 5.89. The van der Waals surface area contributed by atoms with Gasteiger partial charge < -0.3 is 15.9 Å². The smallest absolute Gasteiger partial charge is 0.120 e. The quantitative estimate of drug-likeness (QED) is 0.754. The lowest BCUT2D eigenvalue weighted by atomic mass is 9.61. The Bertz CT molecular complexity index is 588. The van der Waals surface area contributed by atoms with E-state index in [1.54, 1.807) is 6.07 Å². The first kappa shape index (κ1) is 11.5. The topological polar surface area (TPSA) is 66.5 Å². The Hall–Kier alpha value is -1.58.